The number of hydrogen-bond acceptors (Lipinski definition) is 12. The van der Waals surface area contributed by atoms with E-state index in [-0.39, 0.29) is 362 Å². The van der Waals surface area contributed by atoms with Gasteiger partial charge in [-0.05, 0) is 167 Å². The SMILES string of the molecule is Brc1ncccn1.CC(C)(C)OC(=O)N1CC=C(c2ccc(-c3ncccn3)cc2F)CC1.CC(C)(C)OC(=O)N1CC=C(c2ccc(Br)cc2F)CC1.CC1(C)OB(B2OC(C)(C)C(C)(C)O2)OC1(C)C.[W].[W].[W].[W].[W].[W].[W].[W].[W].[W].[W].[W].[W].[W].[W]. The van der Waals surface area contributed by atoms with Crippen molar-refractivity contribution in [3.63, 3.8) is 0 Å². The molecule has 4 aromatic rings. The zero-order chi connectivity index (χ0) is 53.5. The van der Waals surface area contributed by atoms with Gasteiger partial charge in [-0.15, -0.1) is 0 Å². The number of nitrogens with zero attached hydrogens (tertiary/aromatic N) is 6. The predicted octanol–water partition coefficient (Wildman–Crippen LogP) is 12.4. The van der Waals surface area contributed by atoms with Gasteiger partial charge in [0.25, 0.3) is 0 Å². The molecular weight excluding hydrogens is 3810 g/mol. The molecule has 0 bridgehead atoms. The Hall–Kier alpha value is 5.73. The Kier molecular flexibility index (Phi) is 70.7. The third kappa shape index (κ3) is 37.8. The van der Waals surface area contributed by atoms with Crippen LogP contribution in [0.5, 0.6) is 0 Å². The summed E-state index contributed by atoms with van der Waals surface area (Å²) in [5.74, 6) is -0.0695. The van der Waals surface area contributed by atoms with Gasteiger partial charge in [-0.25, -0.2) is 38.3 Å². The molecule has 4 aliphatic heterocycles. The average Bonchev–Trinajstić information content (AvgIpc) is 3.65. The van der Waals surface area contributed by atoms with Crippen LogP contribution in [0.4, 0.5) is 18.4 Å². The van der Waals surface area contributed by atoms with Crippen molar-refractivity contribution < 1.29 is 362 Å². The fraction of sp³-hybridized carbons (Fsp3) is 0.500. The second-order valence-electron chi connectivity index (χ2n) is 21.5. The van der Waals surface area contributed by atoms with Gasteiger partial charge in [-0.2, -0.15) is 0 Å². The summed E-state index contributed by atoms with van der Waals surface area (Å²) in [5.41, 5.74) is 1.14. The van der Waals surface area contributed by atoms with Gasteiger partial charge in [0.15, 0.2) is 10.6 Å². The number of carbonyl (C=O) groups excluding carboxylic acids is 2. The monoisotopic (exact) mass is 3880 g/mol. The molecule has 35 heteroatoms. The number of hydrogen-bond donors (Lipinski definition) is 0. The summed E-state index contributed by atoms with van der Waals surface area (Å²) >= 11 is 6.34. The first-order chi connectivity index (χ1) is 33.4. The molecule has 0 aliphatic carbocycles. The van der Waals surface area contributed by atoms with Crippen molar-refractivity contribution in [3.05, 3.63) is 117 Å². The van der Waals surface area contributed by atoms with Crippen molar-refractivity contribution in [2.24, 2.45) is 0 Å². The third-order valence-electron chi connectivity index (χ3n) is 12.4. The molecule has 14 nitrogen and oxygen atoms in total. The van der Waals surface area contributed by atoms with Crippen molar-refractivity contribution >= 4 is 69.2 Å². The molecule has 2 fully saturated rings. The molecule has 4 aliphatic rings. The Morgan fingerprint density at radius 3 is 1.08 bits per heavy atom. The van der Waals surface area contributed by atoms with E-state index < -0.39 is 25.2 Å². The van der Waals surface area contributed by atoms with Crippen molar-refractivity contribution in [2.75, 3.05) is 26.2 Å². The van der Waals surface area contributed by atoms with E-state index in [4.69, 9.17) is 28.1 Å². The van der Waals surface area contributed by atoms with Crippen LogP contribution in [-0.4, -0.2) is 116 Å². The minimum absolute atomic E-state index is 0. The van der Waals surface area contributed by atoms with Crippen LogP contribution < -0.4 is 0 Å². The van der Waals surface area contributed by atoms with Crippen molar-refractivity contribution in [1.29, 1.82) is 0 Å². The van der Waals surface area contributed by atoms with Gasteiger partial charge in [0.05, 0.1) is 22.4 Å². The summed E-state index contributed by atoms with van der Waals surface area (Å²) in [4.78, 5) is 43.2. The first-order valence-corrected chi connectivity index (χ1v) is 25.5. The van der Waals surface area contributed by atoms with Crippen LogP contribution in [-0.2, 0) is 344 Å². The molecule has 0 atom stereocenters. The molecule has 0 unspecified atom stereocenters. The summed E-state index contributed by atoms with van der Waals surface area (Å²) in [6.07, 6.45) is 10.9. The molecule has 478 valence electrons. The van der Waals surface area contributed by atoms with E-state index in [1.165, 1.54) is 12.1 Å². The minimum Gasteiger partial charge on any atom is -0.444 e. The second kappa shape index (κ2) is 52.7. The molecule has 2 saturated heterocycles. The number of benzene rings is 2. The van der Waals surface area contributed by atoms with E-state index in [0.29, 0.717) is 66.3 Å². The zero-order valence-corrected chi connectivity index (χ0v) is 97.2. The van der Waals surface area contributed by atoms with E-state index in [1.54, 1.807) is 58.9 Å². The van der Waals surface area contributed by atoms with Crippen LogP contribution in [0.25, 0.3) is 22.5 Å². The number of aromatic nitrogens is 4. The van der Waals surface area contributed by atoms with E-state index in [9.17, 15) is 18.4 Å². The average molecular weight is 3880 g/mol. The number of amides is 2. The van der Waals surface area contributed by atoms with Crippen LogP contribution in [0, 0.1) is 11.6 Å². The molecule has 0 saturated carbocycles. The van der Waals surface area contributed by atoms with E-state index in [1.807, 2.05) is 121 Å². The topological polar surface area (TPSA) is 148 Å². The van der Waals surface area contributed by atoms with E-state index >= 15 is 0 Å². The fourth-order valence-corrected chi connectivity index (χ4v) is 7.77. The van der Waals surface area contributed by atoms with Gasteiger partial charge in [-0.3, -0.25) is 0 Å². The smallest absolute Gasteiger partial charge is 0.444 e. The predicted molar refractivity (Wildman–Crippen MR) is 284 cm³/mol. The van der Waals surface area contributed by atoms with Gasteiger partial charge >= 0.3 is 26.2 Å². The van der Waals surface area contributed by atoms with Crippen molar-refractivity contribution in [3.8, 4) is 11.4 Å². The summed E-state index contributed by atoms with van der Waals surface area (Å²) in [5, 5.41) is 0. The van der Waals surface area contributed by atoms with Crippen molar-refractivity contribution in [1.82, 2.24) is 29.7 Å². The Balaban J connectivity index is -0.0000000976. The molecule has 8 rings (SSSR count). The summed E-state index contributed by atoms with van der Waals surface area (Å²) in [6, 6.07) is 13.5. The molecule has 0 radical (unpaired) electrons. The van der Waals surface area contributed by atoms with Crippen molar-refractivity contribution in [2.45, 2.75) is 143 Å². The Labute approximate surface area is 747 Å². The van der Waals surface area contributed by atoms with Crippen LogP contribution in [0.3, 0.4) is 0 Å². The van der Waals surface area contributed by atoms with Crippen LogP contribution in [0.15, 0.2) is 94.7 Å². The Morgan fingerprint density at radius 1 is 0.506 bits per heavy atom. The van der Waals surface area contributed by atoms with Crippen LogP contribution in [0.2, 0.25) is 0 Å². The molecule has 0 N–H and O–H groups in total. The summed E-state index contributed by atoms with van der Waals surface area (Å²) in [7, 11) is -0.952. The van der Waals surface area contributed by atoms with E-state index in [0.717, 1.165) is 15.6 Å². The molecular formula is C52H68B2Br2F2N6O8W15. The maximum Gasteiger partial charge on any atom is 0.488 e. The second-order valence-corrected chi connectivity index (χ2v) is 23.1. The van der Waals surface area contributed by atoms with Gasteiger partial charge in [0, 0.05) is 388 Å². The number of rotatable bonds is 4. The normalized spacial score (nSPS) is 15.5. The first-order valence-electron chi connectivity index (χ1n) is 23.9. The standard InChI is InChI=1S/C20H22FN3O2.C16H19BrFNO2.C12H24B2O4.C4H3BrN2.15W/c1-20(2,3)26-19(25)24-11-7-14(8-12-24)16-6-5-15(13-17(16)21)18-22-9-4-10-23-18;1-16(2,3)21-15(20)19-8-6-11(7-9-19)13-5-4-12(17)10-14(13)18;1-9(2)10(3,4)16-13(15-9)14-17-11(5,6)12(7,8)18-14;5-4-6-2-1-3-7-4;;;;;;;;;;;;;;;/h4-7,9-10,13H,8,11-12H2,1-3H3;4-6,10H,7-9H2,1-3H3;1-8H3;1-3H;;;;;;;;;;;;;;;. The van der Waals surface area contributed by atoms with Crippen LogP contribution in [0.1, 0.15) is 121 Å². The molecule has 0 spiro atoms. The zero-order valence-electron chi connectivity index (χ0n) is 50.1. The maximum atomic E-state index is 14.6. The van der Waals surface area contributed by atoms with E-state index in [2.05, 4.69) is 51.8 Å². The van der Waals surface area contributed by atoms with Gasteiger partial charge in [0.2, 0.25) is 0 Å². The Bertz CT molecular complexity index is 2550. The number of carbonyl (C=O) groups is 2. The van der Waals surface area contributed by atoms with Crippen LogP contribution >= 0.6 is 31.9 Å². The first kappa shape index (κ1) is 117. The summed E-state index contributed by atoms with van der Waals surface area (Å²) < 4.78 is 64.4. The fourth-order valence-electron chi connectivity index (χ4n) is 7.21. The third-order valence-corrected chi connectivity index (χ3v) is 13.3. The summed E-state index contributed by atoms with van der Waals surface area (Å²) in [6.45, 7) is 29.1. The molecule has 2 aromatic carbocycles. The van der Waals surface area contributed by atoms with Gasteiger partial charge in [0.1, 0.15) is 22.8 Å². The molecule has 2 aromatic heterocycles. The number of ether oxygens (including phenoxy) is 2. The molecule has 87 heavy (non-hydrogen) atoms. The largest absolute Gasteiger partial charge is 0.488 e. The minimum atomic E-state index is -0.525. The quantitative estimate of drug-likeness (QED) is 0.141. The molecule has 6 heterocycles. The van der Waals surface area contributed by atoms with Gasteiger partial charge < -0.3 is 37.9 Å². The maximum absolute atomic E-state index is 14.6. The van der Waals surface area contributed by atoms with Gasteiger partial charge in [-0.1, -0.05) is 46.3 Å². The molecule has 2 amide bonds. The number of halogens is 4. The Morgan fingerprint density at radius 2 is 0.816 bits per heavy atom.